The molecule has 0 aromatic rings. The molecule has 0 aromatic carbocycles. The highest BCUT2D eigenvalue weighted by Crippen LogP contribution is 2.28. The van der Waals surface area contributed by atoms with Gasteiger partial charge in [0.1, 0.15) is 12.2 Å². The Kier molecular flexibility index (Phi) is 2.99. The number of rotatable bonds is 3. The van der Waals surface area contributed by atoms with Crippen molar-refractivity contribution < 1.29 is 14.3 Å². The fourth-order valence-electron chi connectivity index (χ4n) is 2.00. The zero-order chi connectivity index (χ0) is 9.97. The van der Waals surface area contributed by atoms with Crippen molar-refractivity contribution >= 4 is 5.78 Å². The van der Waals surface area contributed by atoms with Crippen LogP contribution in [0.4, 0.5) is 0 Å². The second kappa shape index (κ2) is 4.24. The maximum atomic E-state index is 11.5. The first-order valence-electron chi connectivity index (χ1n) is 5.30. The first kappa shape index (κ1) is 9.87. The van der Waals surface area contributed by atoms with Gasteiger partial charge in [-0.1, -0.05) is 13.3 Å². The average Bonchev–Trinajstić information content (AvgIpc) is 2.54. The van der Waals surface area contributed by atoms with E-state index in [0.717, 1.165) is 24.8 Å². The van der Waals surface area contributed by atoms with Crippen molar-refractivity contribution in [3.8, 4) is 0 Å². The molecule has 2 unspecified atom stereocenters. The molecule has 3 heteroatoms. The molecule has 2 atom stereocenters. The molecule has 1 aliphatic heterocycles. The van der Waals surface area contributed by atoms with E-state index >= 15 is 0 Å². The highest BCUT2D eigenvalue weighted by molar-refractivity contribution is 5.98. The van der Waals surface area contributed by atoms with Gasteiger partial charge in [0.25, 0.3) is 0 Å². The topological polar surface area (TPSA) is 35.5 Å². The van der Waals surface area contributed by atoms with E-state index in [0.29, 0.717) is 13.2 Å². The van der Waals surface area contributed by atoms with Gasteiger partial charge in [0.2, 0.25) is 0 Å². The molecule has 1 saturated heterocycles. The summed E-state index contributed by atoms with van der Waals surface area (Å²) in [5.41, 5.74) is 1.13. The van der Waals surface area contributed by atoms with Crippen molar-refractivity contribution in [3.63, 3.8) is 0 Å². The summed E-state index contributed by atoms with van der Waals surface area (Å²) in [7, 11) is 0. The molecule has 3 nitrogen and oxygen atoms in total. The minimum atomic E-state index is -0.337. The molecule has 1 aliphatic carbocycles. The van der Waals surface area contributed by atoms with Crippen molar-refractivity contribution in [1.29, 1.82) is 0 Å². The predicted octanol–water partition coefficient (Wildman–Crippen LogP) is 1.47. The van der Waals surface area contributed by atoms with E-state index in [-0.39, 0.29) is 18.0 Å². The van der Waals surface area contributed by atoms with Crippen molar-refractivity contribution in [1.82, 2.24) is 0 Å². The Morgan fingerprint density at radius 3 is 2.79 bits per heavy atom. The number of unbranched alkanes of at least 4 members (excludes halogenated alkanes) is 1. The van der Waals surface area contributed by atoms with Crippen LogP contribution in [0, 0.1) is 0 Å². The van der Waals surface area contributed by atoms with Gasteiger partial charge in [-0.05, 0) is 24.5 Å². The van der Waals surface area contributed by atoms with Crippen LogP contribution in [0.1, 0.15) is 26.2 Å². The third kappa shape index (κ3) is 1.74. The maximum Gasteiger partial charge on any atom is 0.187 e. The zero-order valence-electron chi connectivity index (χ0n) is 8.49. The fourth-order valence-corrected chi connectivity index (χ4v) is 2.00. The lowest BCUT2D eigenvalue weighted by Gasteiger charge is -2.27. The predicted molar refractivity (Wildman–Crippen MR) is 52.1 cm³/mol. The second-order valence-corrected chi connectivity index (χ2v) is 3.81. The van der Waals surface area contributed by atoms with Crippen LogP contribution in [0.2, 0.25) is 0 Å². The summed E-state index contributed by atoms with van der Waals surface area (Å²) in [6.45, 7) is 3.30. The maximum absolute atomic E-state index is 11.5. The summed E-state index contributed by atoms with van der Waals surface area (Å²) < 4.78 is 11.0. The van der Waals surface area contributed by atoms with Gasteiger partial charge in [0.05, 0.1) is 13.2 Å². The average molecular weight is 196 g/mol. The van der Waals surface area contributed by atoms with Crippen LogP contribution in [-0.2, 0) is 14.3 Å². The zero-order valence-corrected chi connectivity index (χ0v) is 8.49. The van der Waals surface area contributed by atoms with Gasteiger partial charge in [-0.25, -0.2) is 0 Å². The summed E-state index contributed by atoms with van der Waals surface area (Å²) in [5.74, 6) is 0.0841. The first-order valence-corrected chi connectivity index (χ1v) is 5.30. The number of carbonyl (C=O) groups is 1. The van der Waals surface area contributed by atoms with E-state index in [4.69, 9.17) is 9.47 Å². The molecule has 0 aromatic heterocycles. The van der Waals surface area contributed by atoms with Crippen LogP contribution >= 0.6 is 0 Å². The number of hydrogen-bond donors (Lipinski definition) is 0. The molecule has 78 valence electrons. The Hall–Kier alpha value is -0.670. The summed E-state index contributed by atoms with van der Waals surface area (Å²) in [5, 5.41) is 0. The summed E-state index contributed by atoms with van der Waals surface area (Å²) in [6.07, 6.45) is 4.52. The number of carbonyl (C=O) groups excluding carboxylic acids is 1. The van der Waals surface area contributed by atoms with Crippen molar-refractivity contribution in [3.05, 3.63) is 11.6 Å². The van der Waals surface area contributed by atoms with E-state index in [2.05, 4.69) is 6.92 Å². The van der Waals surface area contributed by atoms with Gasteiger partial charge in [-0.15, -0.1) is 0 Å². The Morgan fingerprint density at radius 2 is 2.07 bits per heavy atom. The standard InChI is InChI=1S/C11H16O3/c1-2-3-4-8-7-9(12)11-10(8)13-5-6-14-11/h7,10-11H,2-6H2,1H3. The highest BCUT2D eigenvalue weighted by atomic mass is 16.6. The van der Waals surface area contributed by atoms with Gasteiger partial charge in [0, 0.05) is 0 Å². The smallest absolute Gasteiger partial charge is 0.187 e. The van der Waals surface area contributed by atoms with Gasteiger partial charge in [-0.3, -0.25) is 4.79 Å². The van der Waals surface area contributed by atoms with Gasteiger partial charge < -0.3 is 9.47 Å². The van der Waals surface area contributed by atoms with Crippen molar-refractivity contribution in [2.45, 2.75) is 38.4 Å². The molecular formula is C11H16O3. The van der Waals surface area contributed by atoms with Crippen LogP contribution in [0.15, 0.2) is 11.6 Å². The largest absolute Gasteiger partial charge is 0.368 e. The van der Waals surface area contributed by atoms with Crippen LogP contribution in [0.25, 0.3) is 0 Å². The minimum absolute atomic E-state index is 0.0807. The highest BCUT2D eigenvalue weighted by Gasteiger charge is 2.39. The second-order valence-electron chi connectivity index (χ2n) is 3.81. The van der Waals surface area contributed by atoms with Gasteiger partial charge in [0.15, 0.2) is 5.78 Å². The quantitative estimate of drug-likeness (QED) is 0.685. The molecule has 0 radical (unpaired) electrons. The monoisotopic (exact) mass is 196 g/mol. The van der Waals surface area contributed by atoms with Gasteiger partial charge >= 0.3 is 0 Å². The number of ketones is 1. The van der Waals surface area contributed by atoms with Crippen molar-refractivity contribution in [2.75, 3.05) is 13.2 Å². The molecule has 0 bridgehead atoms. The van der Waals surface area contributed by atoms with Crippen LogP contribution in [0.5, 0.6) is 0 Å². The summed E-state index contributed by atoms with van der Waals surface area (Å²) in [6, 6.07) is 0. The number of fused-ring (bicyclic) bond motifs is 1. The summed E-state index contributed by atoms with van der Waals surface area (Å²) >= 11 is 0. The van der Waals surface area contributed by atoms with Crippen LogP contribution < -0.4 is 0 Å². The lowest BCUT2D eigenvalue weighted by Crippen LogP contribution is -2.39. The molecule has 0 spiro atoms. The van der Waals surface area contributed by atoms with Gasteiger partial charge in [-0.2, -0.15) is 0 Å². The lowest BCUT2D eigenvalue weighted by molar-refractivity contribution is -0.148. The van der Waals surface area contributed by atoms with E-state index in [1.54, 1.807) is 6.08 Å². The molecular weight excluding hydrogens is 180 g/mol. The Labute approximate surface area is 84.1 Å². The normalized spacial score (nSPS) is 31.5. The van der Waals surface area contributed by atoms with Crippen molar-refractivity contribution in [2.24, 2.45) is 0 Å². The molecule has 0 amide bonds. The van der Waals surface area contributed by atoms with E-state index in [1.165, 1.54) is 0 Å². The number of ether oxygens (including phenoxy) is 2. The Balaban J connectivity index is 2.02. The molecule has 1 fully saturated rings. The van der Waals surface area contributed by atoms with E-state index in [9.17, 15) is 4.79 Å². The third-order valence-electron chi connectivity index (χ3n) is 2.75. The minimum Gasteiger partial charge on any atom is -0.368 e. The number of hydrogen-bond acceptors (Lipinski definition) is 3. The Bertz CT molecular complexity index is 257. The molecule has 0 N–H and O–H groups in total. The van der Waals surface area contributed by atoms with Crippen LogP contribution in [-0.4, -0.2) is 31.2 Å². The van der Waals surface area contributed by atoms with Crippen LogP contribution in [0.3, 0.4) is 0 Å². The fraction of sp³-hybridized carbons (Fsp3) is 0.727. The molecule has 14 heavy (non-hydrogen) atoms. The third-order valence-corrected chi connectivity index (χ3v) is 2.75. The molecule has 2 rings (SSSR count). The Morgan fingerprint density at radius 1 is 1.36 bits per heavy atom. The molecule has 1 heterocycles. The first-order chi connectivity index (χ1) is 6.83. The summed E-state index contributed by atoms with van der Waals surface area (Å²) in [4.78, 5) is 11.5. The molecule has 2 aliphatic rings. The lowest BCUT2D eigenvalue weighted by atomic mass is 10.0. The molecule has 0 saturated carbocycles. The van der Waals surface area contributed by atoms with E-state index in [1.807, 2.05) is 0 Å². The SMILES string of the molecule is CCCCC1=CC(=O)C2OCCOC12. The van der Waals surface area contributed by atoms with E-state index < -0.39 is 0 Å².